The second kappa shape index (κ2) is 8.71. The van der Waals surface area contributed by atoms with Crippen molar-refractivity contribution in [2.24, 2.45) is 0 Å². The molecule has 150 valence electrons. The van der Waals surface area contributed by atoms with E-state index in [4.69, 9.17) is 0 Å². The van der Waals surface area contributed by atoms with Crippen molar-refractivity contribution in [3.05, 3.63) is 28.1 Å². The van der Waals surface area contributed by atoms with Crippen LogP contribution in [-0.2, 0) is 4.79 Å². The molecule has 28 heavy (non-hydrogen) atoms. The number of hydrogen-bond donors (Lipinski definition) is 0. The Morgan fingerprint density at radius 3 is 2.46 bits per heavy atom. The monoisotopic (exact) mass is 418 g/mol. The number of rotatable bonds is 4. The molecule has 0 atom stereocenters. The molecule has 0 aliphatic carbocycles. The Morgan fingerprint density at radius 2 is 1.79 bits per heavy atom. The predicted octanol–water partition coefficient (Wildman–Crippen LogP) is 2.95. The molecule has 0 aromatic carbocycles. The van der Waals surface area contributed by atoms with Crippen LogP contribution in [0.5, 0.6) is 0 Å². The van der Waals surface area contributed by atoms with Crippen molar-refractivity contribution in [2.75, 3.05) is 45.8 Å². The molecule has 4 rings (SSSR count). The molecule has 2 aliphatic heterocycles. The normalized spacial score (nSPS) is 18.5. The van der Waals surface area contributed by atoms with Crippen molar-refractivity contribution in [3.8, 4) is 9.88 Å². The van der Waals surface area contributed by atoms with Crippen molar-refractivity contribution in [2.45, 2.75) is 26.2 Å². The lowest BCUT2D eigenvalue weighted by atomic mass is 10.1. The van der Waals surface area contributed by atoms with Crippen LogP contribution in [0.2, 0.25) is 0 Å². The zero-order chi connectivity index (χ0) is 19.5. The van der Waals surface area contributed by atoms with E-state index < -0.39 is 0 Å². The second-order valence-corrected chi connectivity index (χ2v) is 9.37. The second-order valence-electron chi connectivity index (χ2n) is 7.42. The van der Waals surface area contributed by atoms with E-state index in [0.717, 1.165) is 59.5 Å². The first-order chi connectivity index (χ1) is 13.6. The van der Waals surface area contributed by atoms with E-state index in [0.29, 0.717) is 19.6 Å². The summed E-state index contributed by atoms with van der Waals surface area (Å²) in [6.07, 6.45) is 3.47. The van der Waals surface area contributed by atoms with Crippen LogP contribution in [0.15, 0.2) is 17.5 Å². The highest BCUT2D eigenvalue weighted by molar-refractivity contribution is 7.22. The van der Waals surface area contributed by atoms with Crippen molar-refractivity contribution < 1.29 is 9.59 Å². The van der Waals surface area contributed by atoms with Gasteiger partial charge in [-0.3, -0.25) is 14.5 Å². The summed E-state index contributed by atoms with van der Waals surface area (Å²) in [5.41, 5.74) is 0.807. The van der Waals surface area contributed by atoms with Crippen LogP contribution in [0.3, 0.4) is 0 Å². The number of hydrogen-bond acceptors (Lipinski definition) is 6. The molecule has 0 saturated carbocycles. The lowest BCUT2D eigenvalue weighted by Gasteiger charge is -2.36. The molecule has 4 heterocycles. The number of carbonyl (C=O) groups is 2. The van der Waals surface area contributed by atoms with Crippen LogP contribution in [0, 0.1) is 6.92 Å². The van der Waals surface area contributed by atoms with Gasteiger partial charge in [0.1, 0.15) is 9.88 Å². The van der Waals surface area contributed by atoms with Gasteiger partial charge in [-0.2, -0.15) is 0 Å². The predicted molar refractivity (Wildman–Crippen MR) is 113 cm³/mol. The molecule has 0 bridgehead atoms. The third kappa shape index (κ3) is 4.29. The molecule has 0 unspecified atom stereocenters. The molecule has 2 aromatic rings. The van der Waals surface area contributed by atoms with Crippen LogP contribution in [0.25, 0.3) is 9.88 Å². The number of thiophene rings is 1. The van der Waals surface area contributed by atoms with E-state index in [-0.39, 0.29) is 11.8 Å². The van der Waals surface area contributed by atoms with Crippen LogP contribution >= 0.6 is 22.7 Å². The van der Waals surface area contributed by atoms with E-state index >= 15 is 0 Å². The summed E-state index contributed by atoms with van der Waals surface area (Å²) >= 11 is 3.13. The smallest absolute Gasteiger partial charge is 0.265 e. The van der Waals surface area contributed by atoms with E-state index in [2.05, 4.69) is 9.88 Å². The zero-order valence-corrected chi connectivity index (χ0v) is 17.9. The summed E-state index contributed by atoms with van der Waals surface area (Å²) in [6.45, 7) is 7.01. The van der Waals surface area contributed by atoms with Gasteiger partial charge in [0.05, 0.1) is 17.1 Å². The van der Waals surface area contributed by atoms with Gasteiger partial charge in [-0.15, -0.1) is 22.7 Å². The Balaban J connectivity index is 1.32. The van der Waals surface area contributed by atoms with Gasteiger partial charge in [-0.25, -0.2) is 4.98 Å². The summed E-state index contributed by atoms with van der Waals surface area (Å²) in [5.74, 6) is 0.304. The number of likely N-dealkylation sites (tertiary alicyclic amines) is 1. The number of piperazine rings is 1. The summed E-state index contributed by atoms with van der Waals surface area (Å²) in [5, 5.41) is 2.94. The molecule has 0 radical (unpaired) electrons. The number of aryl methyl sites for hydroxylation is 1. The van der Waals surface area contributed by atoms with Crippen LogP contribution in [-0.4, -0.2) is 77.3 Å². The van der Waals surface area contributed by atoms with Gasteiger partial charge in [-0.1, -0.05) is 6.07 Å². The van der Waals surface area contributed by atoms with Crippen LogP contribution in [0.4, 0.5) is 0 Å². The average molecular weight is 419 g/mol. The molecule has 2 aromatic heterocycles. The minimum atomic E-state index is 0.0693. The Hall–Kier alpha value is -1.77. The van der Waals surface area contributed by atoms with E-state index in [1.807, 2.05) is 34.2 Å². The maximum atomic E-state index is 13.0. The van der Waals surface area contributed by atoms with E-state index in [1.54, 1.807) is 11.3 Å². The highest BCUT2D eigenvalue weighted by Crippen LogP contribution is 2.31. The van der Waals surface area contributed by atoms with Gasteiger partial charge in [0.25, 0.3) is 5.91 Å². The maximum Gasteiger partial charge on any atom is 0.265 e. The molecular formula is C20H26N4O2S2. The largest absolute Gasteiger partial charge is 0.342 e. The average Bonchev–Trinajstić information content (AvgIpc) is 3.38. The third-order valence-corrected chi connectivity index (χ3v) is 7.63. The Kier molecular flexibility index (Phi) is 6.08. The fraction of sp³-hybridized carbons (Fsp3) is 0.550. The van der Waals surface area contributed by atoms with Crippen molar-refractivity contribution in [1.82, 2.24) is 19.7 Å². The summed E-state index contributed by atoms with van der Waals surface area (Å²) in [4.78, 5) is 38.0. The zero-order valence-electron chi connectivity index (χ0n) is 16.2. The number of thiazole rings is 1. The molecule has 0 N–H and O–H groups in total. The van der Waals surface area contributed by atoms with Crippen molar-refractivity contribution >= 4 is 34.5 Å². The summed E-state index contributed by atoms with van der Waals surface area (Å²) < 4.78 is 0. The highest BCUT2D eigenvalue weighted by atomic mass is 32.1. The number of piperidine rings is 1. The Bertz CT molecular complexity index is 819. The molecule has 2 aliphatic rings. The van der Waals surface area contributed by atoms with Gasteiger partial charge in [0, 0.05) is 39.3 Å². The lowest BCUT2D eigenvalue weighted by Crippen LogP contribution is -2.52. The van der Waals surface area contributed by atoms with Gasteiger partial charge < -0.3 is 9.80 Å². The summed E-state index contributed by atoms with van der Waals surface area (Å²) in [7, 11) is 0. The van der Waals surface area contributed by atoms with Gasteiger partial charge >= 0.3 is 0 Å². The standard InChI is InChI=1S/C20H26N4O2S2/c1-15-18(28-19(21-15)16-6-5-13-27-16)20(26)24-11-9-22(10-12-24)14-17(25)23-7-3-2-4-8-23/h5-6,13H,2-4,7-12,14H2,1H3. The molecular weight excluding hydrogens is 392 g/mol. The molecule has 2 fully saturated rings. The third-order valence-electron chi connectivity index (χ3n) is 5.45. The molecule has 2 amide bonds. The molecule has 2 saturated heterocycles. The summed E-state index contributed by atoms with van der Waals surface area (Å²) in [6, 6.07) is 4.04. The number of aromatic nitrogens is 1. The maximum absolute atomic E-state index is 13.0. The Labute approximate surface area is 173 Å². The van der Waals surface area contributed by atoms with E-state index in [9.17, 15) is 9.59 Å². The molecule has 0 spiro atoms. The first kappa shape index (κ1) is 19.5. The van der Waals surface area contributed by atoms with Gasteiger partial charge in [-0.05, 0) is 37.6 Å². The molecule has 6 nitrogen and oxygen atoms in total. The minimum Gasteiger partial charge on any atom is -0.342 e. The highest BCUT2D eigenvalue weighted by Gasteiger charge is 2.27. The lowest BCUT2D eigenvalue weighted by molar-refractivity contribution is -0.133. The first-order valence-corrected chi connectivity index (χ1v) is 11.6. The van der Waals surface area contributed by atoms with E-state index in [1.165, 1.54) is 17.8 Å². The van der Waals surface area contributed by atoms with Crippen molar-refractivity contribution in [3.63, 3.8) is 0 Å². The quantitative estimate of drug-likeness (QED) is 0.766. The van der Waals surface area contributed by atoms with Crippen LogP contribution in [0.1, 0.15) is 34.6 Å². The fourth-order valence-corrected chi connectivity index (χ4v) is 5.62. The minimum absolute atomic E-state index is 0.0693. The number of carbonyl (C=O) groups excluding carboxylic acids is 2. The van der Waals surface area contributed by atoms with Gasteiger partial charge in [0.15, 0.2) is 0 Å². The van der Waals surface area contributed by atoms with Gasteiger partial charge in [0.2, 0.25) is 5.91 Å². The molecule has 8 heteroatoms. The number of amides is 2. The number of nitrogens with zero attached hydrogens (tertiary/aromatic N) is 4. The van der Waals surface area contributed by atoms with Crippen molar-refractivity contribution in [1.29, 1.82) is 0 Å². The topological polar surface area (TPSA) is 56.8 Å². The SMILES string of the molecule is Cc1nc(-c2cccs2)sc1C(=O)N1CCN(CC(=O)N2CCCCC2)CC1. The fourth-order valence-electron chi connectivity index (χ4n) is 3.79. The Morgan fingerprint density at radius 1 is 1.04 bits per heavy atom. The van der Waals surface area contributed by atoms with Crippen LogP contribution < -0.4 is 0 Å². The first-order valence-electron chi connectivity index (χ1n) is 9.92.